The van der Waals surface area contributed by atoms with E-state index in [2.05, 4.69) is 10.6 Å². The van der Waals surface area contributed by atoms with Crippen LogP contribution < -0.4 is 10.6 Å². The molecular formula is C34H43N3O5. The van der Waals surface area contributed by atoms with Gasteiger partial charge in [-0.1, -0.05) is 66.7 Å². The van der Waals surface area contributed by atoms with Crippen LogP contribution in [0.1, 0.15) is 68.5 Å². The molecular weight excluding hydrogens is 530 g/mol. The van der Waals surface area contributed by atoms with Gasteiger partial charge in [0.15, 0.2) is 0 Å². The largest absolute Gasteiger partial charge is 0.507 e. The number of alkyl carbamates (subject to hydrolysis) is 1. The quantitative estimate of drug-likeness (QED) is 0.276. The number of anilines is 1. The summed E-state index contributed by atoms with van der Waals surface area (Å²) in [6.45, 7) is 14.4. The monoisotopic (exact) mass is 573 g/mol. The van der Waals surface area contributed by atoms with Crippen LogP contribution in [0.5, 0.6) is 5.75 Å². The zero-order valence-corrected chi connectivity index (χ0v) is 25.8. The summed E-state index contributed by atoms with van der Waals surface area (Å²) in [6, 6.07) is 17.4. The molecule has 0 bridgehead atoms. The van der Waals surface area contributed by atoms with E-state index in [1.165, 1.54) is 4.90 Å². The lowest BCUT2D eigenvalue weighted by Crippen LogP contribution is -2.55. The minimum absolute atomic E-state index is 0.0719. The lowest BCUT2D eigenvalue weighted by Gasteiger charge is -2.37. The molecule has 0 heterocycles. The highest BCUT2D eigenvalue weighted by Gasteiger charge is 2.39. The summed E-state index contributed by atoms with van der Waals surface area (Å²) in [5, 5.41) is 16.9. The summed E-state index contributed by atoms with van der Waals surface area (Å²) in [6.07, 6.45) is -0.567. The van der Waals surface area contributed by atoms with E-state index in [4.69, 9.17) is 4.74 Å². The van der Waals surface area contributed by atoms with E-state index in [-0.39, 0.29) is 17.7 Å². The molecule has 3 rings (SSSR count). The minimum atomic E-state index is -1.20. The minimum Gasteiger partial charge on any atom is -0.507 e. The first-order valence-electron chi connectivity index (χ1n) is 14.2. The Hall–Kier alpha value is -4.33. The van der Waals surface area contributed by atoms with E-state index >= 15 is 0 Å². The van der Waals surface area contributed by atoms with Crippen molar-refractivity contribution in [3.05, 3.63) is 94.5 Å². The van der Waals surface area contributed by atoms with Crippen molar-refractivity contribution in [2.45, 2.75) is 85.5 Å². The van der Waals surface area contributed by atoms with Crippen LogP contribution in [0.25, 0.3) is 0 Å². The molecule has 8 nitrogen and oxygen atoms in total. The second-order valence-corrected chi connectivity index (χ2v) is 11.9. The fourth-order valence-corrected chi connectivity index (χ4v) is 4.88. The van der Waals surface area contributed by atoms with Crippen LogP contribution in [0.4, 0.5) is 10.5 Å². The molecule has 0 saturated carbocycles. The third-order valence-corrected chi connectivity index (χ3v) is 6.90. The van der Waals surface area contributed by atoms with E-state index in [0.717, 1.165) is 16.7 Å². The van der Waals surface area contributed by atoms with Gasteiger partial charge in [0.1, 0.15) is 23.4 Å². The molecule has 2 atom stereocenters. The summed E-state index contributed by atoms with van der Waals surface area (Å²) in [5.41, 5.74) is 3.29. The second-order valence-electron chi connectivity index (χ2n) is 11.9. The van der Waals surface area contributed by atoms with Crippen LogP contribution in [0, 0.1) is 20.8 Å². The predicted octanol–water partition coefficient (Wildman–Crippen LogP) is 6.37. The number of rotatable bonds is 9. The van der Waals surface area contributed by atoms with Crippen molar-refractivity contribution < 1.29 is 24.2 Å². The molecule has 0 aliphatic carbocycles. The molecule has 224 valence electrons. The third kappa shape index (κ3) is 8.12. The molecule has 2 unspecified atom stereocenters. The first-order valence-corrected chi connectivity index (χ1v) is 14.2. The third-order valence-electron chi connectivity index (χ3n) is 6.90. The zero-order chi connectivity index (χ0) is 31.2. The van der Waals surface area contributed by atoms with Crippen molar-refractivity contribution in [1.29, 1.82) is 0 Å². The van der Waals surface area contributed by atoms with E-state index in [9.17, 15) is 19.5 Å². The Morgan fingerprint density at radius 2 is 1.43 bits per heavy atom. The Morgan fingerprint density at radius 3 is 2.00 bits per heavy atom. The Morgan fingerprint density at radius 1 is 0.857 bits per heavy atom. The first kappa shape index (κ1) is 32.2. The predicted molar refractivity (Wildman–Crippen MR) is 165 cm³/mol. The second kappa shape index (κ2) is 13.6. The van der Waals surface area contributed by atoms with Gasteiger partial charge in [-0.05, 0) is 77.6 Å². The van der Waals surface area contributed by atoms with Crippen molar-refractivity contribution >= 4 is 23.6 Å². The normalized spacial score (nSPS) is 12.8. The molecule has 0 saturated heterocycles. The maximum atomic E-state index is 14.5. The molecule has 42 heavy (non-hydrogen) atoms. The van der Waals surface area contributed by atoms with Crippen molar-refractivity contribution in [2.75, 3.05) is 5.32 Å². The number of carbonyl (C=O) groups excluding carboxylic acids is 3. The molecule has 3 aromatic carbocycles. The summed E-state index contributed by atoms with van der Waals surface area (Å²) in [5.74, 6) is -1.04. The number of amides is 3. The lowest BCUT2D eigenvalue weighted by molar-refractivity contribution is -0.143. The molecule has 0 aliphatic heterocycles. The molecule has 0 fully saturated rings. The van der Waals surface area contributed by atoms with Crippen LogP contribution in [-0.4, -0.2) is 45.6 Å². The molecule has 3 N–H and O–H groups in total. The number of phenolic OH excluding ortho intramolecular Hbond substituents is 1. The standard InChI is InChI=1S/C34H43N3O5/c1-21(2)37(32(40)27(20-25-17-10-9-11-18-25)35-33(41)42-34(6,7)8)29(26-19-13-16-24(5)30(26)38)31(39)36-28-22(3)14-12-15-23(28)4/h9-19,21,27,29,38H,20H2,1-8H3,(H,35,41)(H,36,39). The fourth-order valence-electron chi connectivity index (χ4n) is 4.88. The lowest BCUT2D eigenvalue weighted by atomic mass is 9.96. The summed E-state index contributed by atoms with van der Waals surface area (Å²) in [4.78, 5) is 43.0. The van der Waals surface area contributed by atoms with Gasteiger partial charge >= 0.3 is 6.09 Å². The highest BCUT2D eigenvalue weighted by atomic mass is 16.6. The number of benzene rings is 3. The Kier molecular flexibility index (Phi) is 10.4. The number of nitrogens with one attached hydrogen (secondary N) is 2. The topological polar surface area (TPSA) is 108 Å². The Bertz CT molecular complexity index is 1390. The van der Waals surface area contributed by atoms with Gasteiger partial charge in [-0.2, -0.15) is 0 Å². The van der Waals surface area contributed by atoms with Crippen molar-refractivity contribution in [3.8, 4) is 5.75 Å². The molecule has 3 amide bonds. The van der Waals surface area contributed by atoms with Gasteiger partial charge in [0, 0.05) is 23.7 Å². The van der Waals surface area contributed by atoms with Crippen LogP contribution in [0.3, 0.4) is 0 Å². The molecule has 8 heteroatoms. The number of phenols is 1. The van der Waals surface area contributed by atoms with Crippen LogP contribution in [0.15, 0.2) is 66.7 Å². The maximum Gasteiger partial charge on any atom is 0.408 e. The van der Waals surface area contributed by atoms with E-state index in [1.807, 2.05) is 62.4 Å². The Labute approximate surface area is 249 Å². The van der Waals surface area contributed by atoms with E-state index in [1.54, 1.807) is 59.7 Å². The number of nitrogens with zero attached hydrogens (tertiary/aromatic N) is 1. The number of hydrogen-bond acceptors (Lipinski definition) is 5. The number of para-hydroxylation sites is 2. The Balaban J connectivity index is 2.12. The van der Waals surface area contributed by atoms with Gasteiger partial charge in [-0.3, -0.25) is 9.59 Å². The smallest absolute Gasteiger partial charge is 0.408 e. The SMILES string of the molecule is Cc1cccc(C(C(=O)Nc2c(C)cccc2C)N(C(=O)C(Cc2ccccc2)NC(=O)OC(C)(C)C)C(C)C)c1O. The van der Waals surface area contributed by atoms with Gasteiger partial charge in [0.05, 0.1) is 0 Å². The van der Waals surface area contributed by atoms with Gasteiger partial charge in [-0.15, -0.1) is 0 Å². The molecule has 0 spiro atoms. The van der Waals surface area contributed by atoms with Gasteiger partial charge in [0.25, 0.3) is 5.91 Å². The van der Waals surface area contributed by atoms with E-state index < -0.39 is 41.6 Å². The summed E-state index contributed by atoms with van der Waals surface area (Å²) >= 11 is 0. The molecule has 0 aromatic heterocycles. The molecule has 0 aliphatic rings. The van der Waals surface area contributed by atoms with Crippen LogP contribution in [-0.2, 0) is 20.7 Å². The summed E-state index contributed by atoms with van der Waals surface area (Å²) in [7, 11) is 0. The average molecular weight is 574 g/mol. The maximum absolute atomic E-state index is 14.5. The van der Waals surface area contributed by atoms with Crippen molar-refractivity contribution in [2.24, 2.45) is 0 Å². The van der Waals surface area contributed by atoms with Gasteiger partial charge in [-0.25, -0.2) is 4.79 Å². The number of ether oxygens (including phenoxy) is 1. The zero-order valence-electron chi connectivity index (χ0n) is 25.8. The highest BCUT2D eigenvalue weighted by molar-refractivity contribution is 6.00. The number of carbonyl (C=O) groups is 3. The molecule has 0 radical (unpaired) electrons. The first-order chi connectivity index (χ1) is 19.7. The van der Waals surface area contributed by atoms with Crippen LogP contribution >= 0.6 is 0 Å². The number of hydrogen-bond donors (Lipinski definition) is 3. The summed E-state index contributed by atoms with van der Waals surface area (Å²) < 4.78 is 5.49. The average Bonchev–Trinajstić information content (AvgIpc) is 2.90. The fraction of sp³-hybridized carbons (Fsp3) is 0.382. The molecule has 3 aromatic rings. The van der Waals surface area contributed by atoms with Gasteiger partial charge < -0.3 is 25.4 Å². The van der Waals surface area contributed by atoms with Crippen molar-refractivity contribution in [3.63, 3.8) is 0 Å². The number of aromatic hydroxyl groups is 1. The van der Waals surface area contributed by atoms with Gasteiger partial charge in [0.2, 0.25) is 5.91 Å². The van der Waals surface area contributed by atoms with Crippen molar-refractivity contribution in [1.82, 2.24) is 10.2 Å². The highest BCUT2D eigenvalue weighted by Crippen LogP contribution is 2.35. The van der Waals surface area contributed by atoms with Crippen LogP contribution in [0.2, 0.25) is 0 Å². The van der Waals surface area contributed by atoms with E-state index in [0.29, 0.717) is 11.3 Å². The number of aryl methyl sites for hydroxylation is 3.